The highest BCUT2D eigenvalue weighted by Gasteiger charge is 2.38. The third kappa shape index (κ3) is 0.870. The van der Waals surface area contributed by atoms with E-state index in [1.165, 1.54) is 0 Å². The van der Waals surface area contributed by atoms with Crippen LogP contribution in [0.25, 0.3) is 0 Å². The molecule has 0 amide bonds. The van der Waals surface area contributed by atoms with Crippen LogP contribution in [0, 0.1) is 11.8 Å². The molecule has 0 aromatic rings. The lowest BCUT2D eigenvalue weighted by Crippen LogP contribution is -2.21. The number of carbonyl (C=O) groups is 1. The highest BCUT2D eigenvalue weighted by Crippen LogP contribution is 2.39. The van der Waals surface area contributed by atoms with E-state index in [0.717, 1.165) is 25.7 Å². The van der Waals surface area contributed by atoms with E-state index in [0.29, 0.717) is 11.7 Å². The summed E-state index contributed by atoms with van der Waals surface area (Å²) in [6, 6.07) is 0. The fourth-order valence-corrected chi connectivity index (χ4v) is 2.28. The topological polar surface area (TPSA) is 37.3 Å². The van der Waals surface area contributed by atoms with Crippen molar-refractivity contribution in [2.24, 2.45) is 11.8 Å². The summed E-state index contributed by atoms with van der Waals surface area (Å²) in [4.78, 5) is 11.1. The molecule has 3 atom stereocenters. The molecule has 0 saturated heterocycles. The van der Waals surface area contributed by atoms with Gasteiger partial charge in [0.05, 0.1) is 6.10 Å². The minimum atomic E-state index is -0.185. The summed E-state index contributed by atoms with van der Waals surface area (Å²) in [5.41, 5.74) is 0. The second-order valence-electron chi connectivity index (χ2n) is 3.59. The highest BCUT2D eigenvalue weighted by atomic mass is 16.3. The van der Waals surface area contributed by atoms with Crippen molar-refractivity contribution in [3.8, 4) is 0 Å². The largest absolute Gasteiger partial charge is 0.393 e. The molecule has 0 spiro atoms. The fraction of sp³-hybridized carbons (Fsp3) is 0.875. The van der Waals surface area contributed by atoms with Crippen LogP contribution in [0.1, 0.15) is 25.7 Å². The first-order chi connectivity index (χ1) is 4.75. The van der Waals surface area contributed by atoms with E-state index in [9.17, 15) is 9.90 Å². The van der Waals surface area contributed by atoms with E-state index in [2.05, 4.69) is 0 Å². The van der Waals surface area contributed by atoms with E-state index in [-0.39, 0.29) is 12.0 Å². The highest BCUT2D eigenvalue weighted by molar-refractivity contribution is 5.83. The Balaban J connectivity index is 2.13. The second kappa shape index (κ2) is 2.06. The molecule has 0 aromatic carbocycles. The zero-order valence-corrected chi connectivity index (χ0v) is 5.92. The monoisotopic (exact) mass is 140 g/mol. The average Bonchev–Trinajstić information content (AvgIpc) is 2.07. The van der Waals surface area contributed by atoms with Gasteiger partial charge in [-0.3, -0.25) is 4.79 Å². The molecule has 0 heterocycles. The van der Waals surface area contributed by atoms with E-state index in [4.69, 9.17) is 0 Å². The molecule has 2 nitrogen and oxygen atoms in total. The Morgan fingerprint density at radius 1 is 1.30 bits per heavy atom. The molecular formula is C8H12O2. The molecule has 56 valence electrons. The SMILES string of the molecule is O=C1CC2CC(O)CC1C2. The summed E-state index contributed by atoms with van der Waals surface area (Å²) in [6.45, 7) is 0. The Hall–Kier alpha value is -0.370. The third-order valence-corrected chi connectivity index (χ3v) is 2.73. The van der Waals surface area contributed by atoms with Gasteiger partial charge in [-0.1, -0.05) is 0 Å². The lowest BCUT2D eigenvalue weighted by Gasteiger charge is -2.21. The van der Waals surface area contributed by atoms with Crippen LogP contribution < -0.4 is 0 Å². The molecule has 1 N–H and O–H groups in total. The van der Waals surface area contributed by atoms with Crippen molar-refractivity contribution in [2.75, 3.05) is 0 Å². The van der Waals surface area contributed by atoms with Gasteiger partial charge in [-0.2, -0.15) is 0 Å². The molecule has 2 aliphatic rings. The van der Waals surface area contributed by atoms with Crippen LogP contribution in [0.4, 0.5) is 0 Å². The zero-order chi connectivity index (χ0) is 7.14. The first-order valence-corrected chi connectivity index (χ1v) is 3.96. The minimum Gasteiger partial charge on any atom is -0.393 e. The number of fused-ring (bicyclic) bond motifs is 2. The Kier molecular flexibility index (Phi) is 1.31. The molecule has 2 saturated carbocycles. The molecular weight excluding hydrogens is 128 g/mol. The van der Waals surface area contributed by atoms with Crippen LogP contribution in [0.5, 0.6) is 0 Å². The molecule has 2 heteroatoms. The number of hydrogen-bond donors (Lipinski definition) is 1. The Morgan fingerprint density at radius 2 is 2.10 bits per heavy atom. The first kappa shape index (κ1) is 6.35. The smallest absolute Gasteiger partial charge is 0.136 e. The summed E-state index contributed by atoms with van der Waals surface area (Å²) in [7, 11) is 0. The van der Waals surface area contributed by atoms with Gasteiger partial charge >= 0.3 is 0 Å². The number of aliphatic hydroxyl groups excluding tert-OH is 1. The maximum absolute atomic E-state index is 11.1. The molecule has 2 aliphatic carbocycles. The van der Waals surface area contributed by atoms with Crippen molar-refractivity contribution in [1.29, 1.82) is 0 Å². The van der Waals surface area contributed by atoms with Gasteiger partial charge in [0.25, 0.3) is 0 Å². The van der Waals surface area contributed by atoms with Crippen molar-refractivity contribution in [3.63, 3.8) is 0 Å². The molecule has 2 fully saturated rings. The van der Waals surface area contributed by atoms with E-state index < -0.39 is 0 Å². The van der Waals surface area contributed by atoms with Gasteiger partial charge in [-0.15, -0.1) is 0 Å². The fourth-order valence-electron chi connectivity index (χ4n) is 2.28. The van der Waals surface area contributed by atoms with Crippen molar-refractivity contribution >= 4 is 5.78 Å². The van der Waals surface area contributed by atoms with Crippen molar-refractivity contribution < 1.29 is 9.90 Å². The molecule has 0 aromatic heterocycles. The van der Waals surface area contributed by atoms with Crippen LogP contribution in [0.15, 0.2) is 0 Å². The Bertz CT molecular complexity index is 165. The van der Waals surface area contributed by atoms with Crippen LogP contribution in [0.2, 0.25) is 0 Å². The maximum Gasteiger partial charge on any atom is 0.136 e. The van der Waals surface area contributed by atoms with E-state index in [1.54, 1.807) is 0 Å². The predicted molar refractivity (Wildman–Crippen MR) is 36.5 cm³/mol. The lowest BCUT2D eigenvalue weighted by molar-refractivity contribution is -0.121. The summed E-state index contributed by atoms with van der Waals surface area (Å²) in [6.07, 6.45) is 3.20. The molecule has 0 aliphatic heterocycles. The second-order valence-corrected chi connectivity index (χ2v) is 3.59. The number of aliphatic hydroxyl groups is 1. The Labute approximate surface area is 60.2 Å². The predicted octanol–water partition coefficient (Wildman–Crippen LogP) is 0.736. The molecule has 2 bridgehead atoms. The van der Waals surface area contributed by atoms with Gasteiger partial charge in [0.1, 0.15) is 5.78 Å². The first-order valence-electron chi connectivity index (χ1n) is 3.96. The maximum atomic E-state index is 11.1. The van der Waals surface area contributed by atoms with Gasteiger partial charge in [-0.05, 0) is 25.2 Å². The number of ketones is 1. The van der Waals surface area contributed by atoms with Crippen molar-refractivity contribution in [3.05, 3.63) is 0 Å². The molecule has 2 rings (SSSR count). The van der Waals surface area contributed by atoms with Gasteiger partial charge in [0.15, 0.2) is 0 Å². The molecule has 3 unspecified atom stereocenters. The summed E-state index contributed by atoms with van der Waals surface area (Å²) in [5.74, 6) is 1.12. The zero-order valence-electron chi connectivity index (χ0n) is 5.92. The number of Topliss-reactive ketones (excluding diaryl/α,β-unsaturated/α-hetero) is 1. The normalized spacial score (nSPS) is 46.1. The van der Waals surface area contributed by atoms with Crippen molar-refractivity contribution in [1.82, 2.24) is 0 Å². The Morgan fingerprint density at radius 3 is 2.80 bits per heavy atom. The third-order valence-electron chi connectivity index (χ3n) is 2.73. The van der Waals surface area contributed by atoms with Crippen LogP contribution >= 0.6 is 0 Å². The summed E-state index contributed by atoms with van der Waals surface area (Å²) >= 11 is 0. The average molecular weight is 140 g/mol. The van der Waals surface area contributed by atoms with Crippen molar-refractivity contribution in [2.45, 2.75) is 31.8 Å². The number of hydrogen-bond acceptors (Lipinski definition) is 2. The van der Waals surface area contributed by atoms with Crippen LogP contribution in [-0.4, -0.2) is 17.0 Å². The van der Waals surface area contributed by atoms with Gasteiger partial charge in [0, 0.05) is 12.3 Å². The quantitative estimate of drug-likeness (QED) is 0.538. The standard InChI is InChI=1S/C8H12O2/c9-7-2-5-1-6(4-7)8(10)3-5/h5-7,9H,1-4H2. The number of carbonyl (C=O) groups excluding carboxylic acids is 1. The lowest BCUT2D eigenvalue weighted by atomic mass is 9.87. The summed E-state index contributed by atoms with van der Waals surface area (Å²) in [5, 5.41) is 9.26. The van der Waals surface area contributed by atoms with Gasteiger partial charge in [-0.25, -0.2) is 0 Å². The van der Waals surface area contributed by atoms with Gasteiger partial charge < -0.3 is 5.11 Å². The van der Waals surface area contributed by atoms with E-state index >= 15 is 0 Å². The van der Waals surface area contributed by atoms with Crippen LogP contribution in [-0.2, 0) is 4.79 Å². The minimum absolute atomic E-state index is 0.185. The van der Waals surface area contributed by atoms with Gasteiger partial charge in [0.2, 0.25) is 0 Å². The molecule has 0 radical (unpaired) electrons. The van der Waals surface area contributed by atoms with Crippen LogP contribution in [0.3, 0.4) is 0 Å². The number of rotatable bonds is 0. The molecule has 10 heavy (non-hydrogen) atoms. The summed E-state index contributed by atoms with van der Waals surface area (Å²) < 4.78 is 0. The van der Waals surface area contributed by atoms with E-state index in [1.807, 2.05) is 0 Å².